The van der Waals surface area contributed by atoms with Crippen LogP contribution >= 0.6 is 11.3 Å². The van der Waals surface area contributed by atoms with Gasteiger partial charge in [0.1, 0.15) is 35.1 Å². The molecule has 35 heavy (non-hydrogen) atoms. The summed E-state index contributed by atoms with van der Waals surface area (Å²) in [6.45, 7) is 2.53. The summed E-state index contributed by atoms with van der Waals surface area (Å²) in [7, 11) is 0. The first-order valence-electron chi connectivity index (χ1n) is 11.8. The third kappa shape index (κ3) is 3.51. The lowest BCUT2D eigenvalue weighted by molar-refractivity contribution is 0.325. The number of fused-ring (bicyclic) bond motifs is 5. The van der Waals surface area contributed by atoms with E-state index in [2.05, 4.69) is 32.4 Å². The molecule has 0 saturated carbocycles. The highest BCUT2D eigenvalue weighted by Crippen LogP contribution is 2.44. The minimum Gasteiger partial charge on any atom is -0.491 e. The van der Waals surface area contributed by atoms with E-state index < -0.39 is 11.6 Å². The molecule has 2 fully saturated rings. The fourth-order valence-corrected chi connectivity index (χ4v) is 6.53. The lowest BCUT2D eigenvalue weighted by Gasteiger charge is -2.33. The highest BCUT2D eigenvalue weighted by atomic mass is 32.1. The topological polar surface area (TPSA) is 68.1 Å². The molecule has 2 bridgehead atoms. The summed E-state index contributed by atoms with van der Waals surface area (Å²) in [6.07, 6.45) is 4.39. The summed E-state index contributed by atoms with van der Waals surface area (Å²) < 4.78 is 35.4. The van der Waals surface area contributed by atoms with Crippen LogP contribution in [0.2, 0.25) is 0 Å². The number of rotatable bonds is 3. The highest BCUT2D eigenvalue weighted by Gasteiger charge is 2.35. The van der Waals surface area contributed by atoms with Crippen molar-refractivity contribution in [2.24, 2.45) is 0 Å². The molecule has 2 unspecified atom stereocenters. The molecule has 3 aromatic heterocycles. The van der Waals surface area contributed by atoms with Crippen LogP contribution in [-0.4, -0.2) is 51.5 Å². The van der Waals surface area contributed by atoms with E-state index in [1.54, 1.807) is 11.3 Å². The zero-order valence-electron chi connectivity index (χ0n) is 18.7. The monoisotopic (exact) mass is 492 g/mol. The molecule has 0 spiro atoms. The Hall–Kier alpha value is -3.37. The lowest BCUT2D eigenvalue weighted by atomic mass is 10.0. The quantitative estimate of drug-likeness (QED) is 0.462. The number of pyridine rings is 1. The van der Waals surface area contributed by atoms with Gasteiger partial charge in [-0.05, 0) is 48.7 Å². The van der Waals surface area contributed by atoms with Gasteiger partial charge < -0.3 is 15.0 Å². The first kappa shape index (κ1) is 21.0. The van der Waals surface area contributed by atoms with Crippen LogP contribution in [0.1, 0.15) is 18.4 Å². The van der Waals surface area contributed by atoms with Gasteiger partial charge in [0.25, 0.3) is 0 Å². The fraction of sp³-hybridized carbons (Fsp3) is 0.320. The van der Waals surface area contributed by atoms with E-state index in [1.165, 1.54) is 23.1 Å². The van der Waals surface area contributed by atoms with Gasteiger partial charge in [-0.25, -0.2) is 23.4 Å². The van der Waals surface area contributed by atoms with Gasteiger partial charge in [-0.3, -0.25) is 0 Å². The van der Waals surface area contributed by atoms with Crippen molar-refractivity contribution in [1.29, 1.82) is 0 Å². The molecular formula is C25H22F2N6OS. The van der Waals surface area contributed by atoms with Crippen LogP contribution in [0.3, 0.4) is 0 Å². The van der Waals surface area contributed by atoms with Gasteiger partial charge in [0.05, 0.1) is 16.4 Å². The van der Waals surface area contributed by atoms with Crippen molar-refractivity contribution in [1.82, 2.24) is 25.1 Å². The number of nitrogens with one attached hydrogen (secondary N) is 1. The molecule has 6 heterocycles. The predicted octanol–water partition coefficient (Wildman–Crippen LogP) is 4.21. The second kappa shape index (κ2) is 8.10. The van der Waals surface area contributed by atoms with Gasteiger partial charge in [0, 0.05) is 37.7 Å². The fourth-order valence-electron chi connectivity index (χ4n) is 5.34. The normalized spacial score (nSPS) is 20.8. The zero-order chi connectivity index (χ0) is 23.5. The molecular weight excluding hydrogens is 470 g/mol. The van der Waals surface area contributed by atoms with Crippen molar-refractivity contribution in [2.75, 3.05) is 24.6 Å². The Morgan fingerprint density at radius 2 is 2.09 bits per heavy atom. The van der Waals surface area contributed by atoms with Gasteiger partial charge in [-0.1, -0.05) is 0 Å². The first-order valence-corrected chi connectivity index (χ1v) is 12.6. The summed E-state index contributed by atoms with van der Waals surface area (Å²) in [5.74, 6) is 0.925. The zero-order valence-corrected chi connectivity index (χ0v) is 19.6. The maximum absolute atomic E-state index is 14.5. The SMILES string of the molecule is Fc1ccc(-n2ncnc2-c2cc3c(s2)-c2nc(N4CCC5CC4CN5)ccc2OCC3)c(F)c1. The largest absolute Gasteiger partial charge is 0.491 e. The molecule has 0 amide bonds. The lowest BCUT2D eigenvalue weighted by Crippen LogP contribution is -2.41. The summed E-state index contributed by atoms with van der Waals surface area (Å²) in [4.78, 5) is 13.8. The maximum atomic E-state index is 14.5. The third-order valence-corrected chi connectivity index (χ3v) is 8.23. The molecule has 1 N–H and O–H groups in total. The van der Waals surface area contributed by atoms with Gasteiger partial charge >= 0.3 is 0 Å². The van der Waals surface area contributed by atoms with Crippen molar-refractivity contribution < 1.29 is 13.5 Å². The number of piperidine rings is 1. The average molecular weight is 493 g/mol. The minimum absolute atomic E-state index is 0.153. The van der Waals surface area contributed by atoms with E-state index >= 15 is 0 Å². The van der Waals surface area contributed by atoms with E-state index in [4.69, 9.17) is 9.72 Å². The molecule has 2 atom stereocenters. The molecule has 4 aromatic rings. The second-order valence-electron chi connectivity index (χ2n) is 9.15. The molecule has 3 aliphatic heterocycles. The van der Waals surface area contributed by atoms with Gasteiger partial charge in [0.15, 0.2) is 11.6 Å². The van der Waals surface area contributed by atoms with E-state index in [-0.39, 0.29) is 5.69 Å². The summed E-state index contributed by atoms with van der Waals surface area (Å²) in [6, 6.07) is 10.7. The van der Waals surface area contributed by atoms with Crippen LogP contribution in [0.15, 0.2) is 42.7 Å². The second-order valence-corrected chi connectivity index (χ2v) is 10.2. The van der Waals surface area contributed by atoms with E-state index in [0.29, 0.717) is 24.5 Å². The Morgan fingerprint density at radius 1 is 1.14 bits per heavy atom. The van der Waals surface area contributed by atoms with Crippen LogP contribution in [0.25, 0.3) is 27.0 Å². The first-order chi connectivity index (χ1) is 17.1. The molecule has 7 nitrogen and oxygen atoms in total. The molecule has 1 aromatic carbocycles. The smallest absolute Gasteiger partial charge is 0.173 e. The van der Waals surface area contributed by atoms with Crippen molar-refractivity contribution in [3.05, 3.63) is 59.9 Å². The van der Waals surface area contributed by atoms with Crippen LogP contribution < -0.4 is 15.0 Å². The Morgan fingerprint density at radius 3 is 3.00 bits per heavy atom. The average Bonchev–Trinajstić information content (AvgIpc) is 3.56. The van der Waals surface area contributed by atoms with Gasteiger partial charge in [-0.2, -0.15) is 5.10 Å². The van der Waals surface area contributed by atoms with Crippen molar-refractivity contribution in [3.63, 3.8) is 0 Å². The maximum Gasteiger partial charge on any atom is 0.173 e. The van der Waals surface area contributed by atoms with Gasteiger partial charge in [0.2, 0.25) is 0 Å². The summed E-state index contributed by atoms with van der Waals surface area (Å²) in [5, 5.41) is 7.81. The number of thiophene rings is 1. The molecule has 178 valence electrons. The number of anilines is 1. The number of halogens is 2. The Labute approximate surface area is 204 Å². The molecule has 10 heteroatoms. The van der Waals surface area contributed by atoms with E-state index in [0.717, 1.165) is 71.0 Å². The van der Waals surface area contributed by atoms with Crippen LogP contribution in [0, 0.1) is 11.6 Å². The Balaban J connectivity index is 1.30. The van der Waals surface area contributed by atoms with Crippen LogP contribution in [0.4, 0.5) is 14.6 Å². The molecule has 0 radical (unpaired) electrons. The number of nitrogens with zero attached hydrogens (tertiary/aromatic N) is 5. The van der Waals surface area contributed by atoms with Crippen LogP contribution in [0.5, 0.6) is 5.75 Å². The number of ether oxygens (including phenoxy) is 1. The highest BCUT2D eigenvalue weighted by molar-refractivity contribution is 7.19. The molecule has 7 rings (SSSR count). The van der Waals surface area contributed by atoms with Crippen molar-refractivity contribution in [3.8, 4) is 32.7 Å². The molecule has 2 saturated heterocycles. The number of hydrogen-bond donors (Lipinski definition) is 1. The molecule has 3 aliphatic rings. The van der Waals surface area contributed by atoms with Gasteiger partial charge in [-0.15, -0.1) is 11.3 Å². The Kier molecular flexibility index (Phi) is 4.85. The summed E-state index contributed by atoms with van der Waals surface area (Å²) in [5.41, 5.74) is 2.10. The number of benzene rings is 1. The van der Waals surface area contributed by atoms with Crippen molar-refractivity contribution in [2.45, 2.75) is 31.3 Å². The number of aromatic nitrogens is 4. The number of hydrogen-bond acceptors (Lipinski definition) is 7. The van der Waals surface area contributed by atoms with E-state index in [1.807, 2.05) is 6.07 Å². The van der Waals surface area contributed by atoms with Crippen LogP contribution in [-0.2, 0) is 6.42 Å². The third-order valence-electron chi connectivity index (χ3n) is 7.05. The van der Waals surface area contributed by atoms with Crippen molar-refractivity contribution >= 4 is 17.2 Å². The minimum atomic E-state index is -0.690. The molecule has 0 aliphatic carbocycles. The summed E-state index contributed by atoms with van der Waals surface area (Å²) >= 11 is 1.54. The Bertz CT molecular complexity index is 1440. The van der Waals surface area contributed by atoms with E-state index in [9.17, 15) is 8.78 Å². The predicted molar refractivity (Wildman–Crippen MR) is 129 cm³/mol. The standard InChI is InChI=1S/C25H22F2N6OS/c26-15-1-2-19(18(27)10-15)33-25(29-13-30-33)21-9-14-6-8-34-20-3-4-22(31-23(20)24(14)35-21)32-7-5-16-11-17(32)12-28-16/h1-4,9-10,13,16-17,28H,5-8,11-12H2.